The first-order chi connectivity index (χ1) is 18.2. The maximum absolute atomic E-state index is 13.2. The summed E-state index contributed by atoms with van der Waals surface area (Å²) in [5.41, 5.74) is 0.669. The van der Waals surface area contributed by atoms with Gasteiger partial charge in [0, 0.05) is 21.4 Å². The van der Waals surface area contributed by atoms with Gasteiger partial charge in [0.05, 0.1) is 18.6 Å². The lowest BCUT2D eigenvalue weighted by Gasteiger charge is -2.49. The van der Waals surface area contributed by atoms with Crippen molar-refractivity contribution in [1.82, 2.24) is 10.2 Å². The molecular formula is C26H25BrN2O8S. The number of β-lactam (4-membered cyclic amide) rings is 1. The second-order valence-electron chi connectivity index (χ2n) is 8.93. The number of thioether (sulfide) groups is 1. The quantitative estimate of drug-likeness (QED) is 0.247. The SMILES string of the molecule is CC(C)C(=O)OCC1=C(C(=O)OCC(=O)c2ccc(Br)cc2)N2C(=O)[C@@H](NC(=O)Cc3ccco3)[C@H]2SC1. The molecule has 2 aromatic rings. The van der Waals surface area contributed by atoms with E-state index in [9.17, 15) is 24.0 Å². The second kappa shape index (κ2) is 12.0. The van der Waals surface area contributed by atoms with Crippen LogP contribution in [-0.2, 0) is 35.1 Å². The van der Waals surface area contributed by atoms with Gasteiger partial charge in [-0.15, -0.1) is 11.8 Å². The number of hydrogen-bond acceptors (Lipinski definition) is 9. The highest BCUT2D eigenvalue weighted by Gasteiger charge is 2.54. The highest BCUT2D eigenvalue weighted by Crippen LogP contribution is 2.40. The number of furan rings is 1. The molecule has 2 aliphatic rings. The number of nitrogens with one attached hydrogen (secondary N) is 1. The van der Waals surface area contributed by atoms with Gasteiger partial charge in [-0.3, -0.25) is 24.1 Å². The van der Waals surface area contributed by atoms with Gasteiger partial charge in [0.2, 0.25) is 5.91 Å². The van der Waals surface area contributed by atoms with Crippen LogP contribution in [0.2, 0.25) is 0 Å². The van der Waals surface area contributed by atoms with E-state index < -0.39 is 47.6 Å². The molecule has 1 N–H and O–H groups in total. The van der Waals surface area contributed by atoms with E-state index in [1.807, 2.05) is 0 Å². The van der Waals surface area contributed by atoms with E-state index in [4.69, 9.17) is 13.9 Å². The normalized spacial score (nSPS) is 18.5. The van der Waals surface area contributed by atoms with Crippen LogP contribution in [0.3, 0.4) is 0 Å². The number of halogens is 1. The molecule has 10 nitrogen and oxygen atoms in total. The van der Waals surface area contributed by atoms with Gasteiger partial charge < -0.3 is 19.2 Å². The Morgan fingerprint density at radius 3 is 2.55 bits per heavy atom. The second-order valence-corrected chi connectivity index (χ2v) is 11.0. The number of nitrogens with zero attached hydrogens (tertiary/aromatic N) is 1. The van der Waals surface area contributed by atoms with Crippen LogP contribution in [0.1, 0.15) is 30.0 Å². The lowest BCUT2D eigenvalue weighted by atomic mass is 10.0. The minimum Gasteiger partial charge on any atom is -0.469 e. The van der Waals surface area contributed by atoms with Crippen molar-refractivity contribution in [1.29, 1.82) is 0 Å². The minimum atomic E-state index is -0.884. The van der Waals surface area contributed by atoms with Gasteiger partial charge in [-0.05, 0) is 24.3 Å². The number of rotatable bonds is 10. The molecule has 0 aliphatic carbocycles. The fourth-order valence-electron chi connectivity index (χ4n) is 3.82. The largest absolute Gasteiger partial charge is 0.469 e. The summed E-state index contributed by atoms with van der Waals surface area (Å²) in [5, 5.41) is 2.13. The molecule has 2 amide bonds. The summed E-state index contributed by atoms with van der Waals surface area (Å²) in [6, 6.07) is 9.04. The van der Waals surface area contributed by atoms with E-state index in [1.54, 1.807) is 50.2 Å². The summed E-state index contributed by atoms with van der Waals surface area (Å²) in [7, 11) is 0. The van der Waals surface area contributed by atoms with Crippen LogP contribution in [0.4, 0.5) is 0 Å². The van der Waals surface area contributed by atoms with E-state index in [2.05, 4.69) is 21.2 Å². The fraction of sp³-hybridized carbons (Fsp3) is 0.346. The number of benzene rings is 1. The van der Waals surface area contributed by atoms with Crippen molar-refractivity contribution in [2.24, 2.45) is 5.92 Å². The molecule has 1 aromatic carbocycles. The Labute approximate surface area is 231 Å². The number of carbonyl (C=O) groups excluding carboxylic acids is 5. The molecule has 2 atom stereocenters. The predicted molar refractivity (Wildman–Crippen MR) is 140 cm³/mol. The van der Waals surface area contributed by atoms with Crippen molar-refractivity contribution in [3.05, 3.63) is 69.7 Å². The molecule has 200 valence electrons. The molecule has 4 rings (SSSR count). The summed E-state index contributed by atoms with van der Waals surface area (Å²) >= 11 is 4.62. The van der Waals surface area contributed by atoms with Crippen molar-refractivity contribution in [2.75, 3.05) is 19.0 Å². The monoisotopic (exact) mass is 604 g/mol. The summed E-state index contributed by atoms with van der Waals surface area (Å²) in [6.45, 7) is 2.62. The molecule has 0 radical (unpaired) electrons. The molecule has 1 fully saturated rings. The first-order valence-corrected chi connectivity index (χ1v) is 13.6. The van der Waals surface area contributed by atoms with Crippen molar-refractivity contribution in [3.8, 4) is 0 Å². The lowest BCUT2D eigenvalue weighted by Crippen LogP contribution is -2.70. The molecular weight excluding hydrogens is 580 g/mol. The first kappa shape index (κ1) is 27.6. The molecule has 3 heterocycles. The Balaban J connectivity index is 1.48. The molecule has 0 spiro atoms. The third-order valence-electron chi connectivity index (χ3n) is 5.83. The van der Waals surface area contributed by atoms with Gasteiger partial charge >= 0.3 is 11.9 Å². The molecule has 12 heteroatoms. The number of carbonyl (C=O) groups is 5. The Kier molecular flexibility index (Phi) is 8.72. The summed E-state index contributed by atoms with van der Waals surface area (Å²) in [5.74, 6) is -2.33. The lowest BCUT2D eigenvalue weighted by molar-refractivity contribution is -0.153. The maximum atomic E-state index is 13.2. The number of fused-ring (bicyclic) bond motifs is 1. The third kappa shape index (κ3) is 6.18. The van der Waals surface area contributed by atoms with E-state index >= 15 is 0 Å². The van der Waals surface area contributed by atoms with Crippen LogP contribution >= 0.6 is 27.7 Å². The molecule has 1 saturated heterocycles. The first-order valence-electron chi connectivity index (χ1n) is 11.8. The number of ether oxygens (including phenoxy) is 2. The van der Waals surface area contributed by atoms with Gasteiger partial charge in [-0.1, -0.05) is 41.9 Å². The highest BCUT2D eigenvalue weighted by atomic mass is 79.9. The van der Waals surface area contributed by atoms with E-state index in [0.717, 1.165) is 4.47 Å². The smallest absolute Gasteiger partial charge is 0.355 e. The van der Waals surface area contributed by atoms with Crippen molar-refractivity contribution >= 4 is 57.2 Å². The molecule has 1 aromatic heterocycles. The zero-order valence-electron chi connectivity index (χ0n) is 20.6. The molecule has 0 unspecified atom stereocenters. The molecule has 0 bridgehead atoms. The van der Waals surface area contributed by atoms with Crippen molar-refractivity contribution in [3.63, 3.8) is 0 Å². The van der Waals surface area contributed by atoms with Crippen LogP contribution < -0.4 is 5.32 Å². The summed E-state index contributed by atoms with van der Waals surface area (Å²) < 4.78 is 16.6. The van der Waals surface area contributed by atoms with Gasteiger partial charge in [-0.25, -0.2) is 4.79 Å². The van der Waals surface area contributed by atoms with E-state index in [-0.39, 0.29) is 30.4 Å². The standard InChI is InChI=1S/C26H25BrN2O8S/c1-14(2)25(33)36-11-16-13-38-24-21(28-20(31)10-18-4-3-9-35-18)23(32)29(24)22(16)26(34)37-12-19(30)15-5-7-17(27)8-6-15/h3-9,14,21,24H,10-13H2,1-2H3,(H,28,31)/t21-,24-/m1/s1. The molecule has 2 aliphatic heterocycles. The summed E-state index contributed by atoms with van der Waals surface area (Å²) in [6.07, 6.45) is 1.42. The number of hydrogen-bond donors (Lipinski definition) is 1. The Morgan fingerprint density at radius 1 is 1.16 bits per heavy atom. The van der Waals surface area contributed by atoms with E-state index in [1.165, 1.54) is 22.9 Å². The van der Waals surface area contributed by atoms with Crippen LogP contribution in [0.15, 0.2) is 62.8 Å². The van der Waals surface area contributed by atoms with E-state index in [0.29, 0.717) is 16.9 Å². The average molecular weight is 605 g/mol. The fourth-order valence-corrected chi connectivity index (χ4v) is 5.41. The van der Waals surface area contributed by atoms with Crippen LogP contribution in [0, 0.1) is 5.92 Å². The minimum absolute atomic E-state index is 0.0342. The third-order valence-corrected chi connectivity index (χ3v) is 7.70. The number of ketones is 1. The number of Topliss-reactive ketones (excluding diaryl/α,β-unsaturated/α-hetero) is 1. The van der Waals surface area contributed by atoms with Crippen LogP contribution in [-0.4, -0.2) is 64.8 Å². The summed E-state index contributed by atoms with van der Waals surface area (Å²) in [4.78, 5) is 64.5. The van der Waals surface area contributed by atoms with Crippen molar-refractivity contribution in [2.45, 2.75) is 31.7 Å². The van der Waals surface area contributed by atoms with Crippen LogP contribution in [0.5, 0.6) is 0 Å². The Morgan fingerprint density at radius 2 is 1.89 bits per heavy atom. The van der Waals surface area contributed by atoms with Crippen LogP contribution in [0.25, 0.3) is 0 Å². The number of amides is 2. The average Bonchev–Trinajstić information content (AvgIpc) is 3.41. The van der Waals surface area contributed by atoms with Gasteiger partial charge in [0.25, 0.3) is 5.91 Å². The highest BCUT2D eigenvalue weighted by molar-refractivity contribution is 9.10. The zero-order chi connectivity index (χ0) is 27.4. The predicted octanol–water partition coefficient (Wildman–Crippen LogP) is 2.86. The maximum Gasteiger partial charge on any atom is 0.355 e. The Hall–Kier alpha value is -3.38. The van der Waals surface area contributed by atoms with Gasteiger partial charge in [-0.2, -0.15) is 0 Å². The topological polar surface area (TPSA) is 132 Å². The van der Waals surface area contributed by atoms with Gasteiger partial charge in [0.15, 0.2) is 12.4 Å². The molecule has 38 heavy (non-hydrogen) atoms. The van der Waals surface area contributed by atoms with Crippen molar-refractivity contribution < 1.29 is 37.9 Å². The number of esters is 2. The zero-order valence-corrected chi connectivity index (χ0v) is 23.0. The van der Waals surface area contributed by atoms with Gasteiger partial charge in [0.1, 0.15) is 29.5 Å². The molecule has 0 saturated carbocycles. The Bertz CT molecular complexity index is 1270.